The number of hydrogen-bond acceptors (Lipinski definition) is 3. The predicted molar refractivity (Wildman–Crippen MR) is 84.4 cm³/mol. The molecule has 5 nitrogen and oxygen atoms in total. The Morgan fingerprint density at radius 3 is 2.90 bits per heavy atom. The molecule has 112 valence electrons. The van der Waals surface area contributed by atoms with E-state index in [-0.39, 0.29) is 5.91 Å². The summed E-state index contributed by atoms with van der Waals surface area (Å²) in [5.41, 5.74) is 3.77. The van der Waals surface area contributed by atoms with Gasteiger partial charge in [-0.15, -0.1) is 0 Å². The Morgan fingerprint density at radius 1 is 1.38 bits per heavy atom. The second-order valence-corrected chi connectivity index (χ2v) is 4.99. The maximum absolute atomic E-state index is 11.8. The van der Waals surface area contributed by atoms with Crippen LogP contribution in [0.5, 0.6) is 0 Å². The maximum Gasteiger partial charge on any atom is 0.251 e. The fraction of sp³-hybridized carbons (Fsp3) is 0.375. The molecule has 5 heteroatoms. The van der Waals surface area contributed by atoms with Gasteiger partial charge in [0.15, 0.2) is 0 Å². The van der Waals surface area contributed by atoms with Gasteiger partial charge in [0, 0.05) is 31.0 Å². The quantitative estimate of drug-likeness (QED) is 0.858. The first-order valence-corrected chi connectivity index (χ1v) is 7.22. The fourth-order valence-corrected chi connectivity index (χ4v) is 2.33. The maximum atomic E-state index is 11.8. The van der Waals surface area contributed by atoms with Crippen molar-refractivity contribution in [3.63, 3.8) is 0 Å². The van der Waals surface area contributed by atoms with Gasteiger partial charge in [-0.3, -0.25) is 4.79 Å². The number of anilines is 1. The molecule has 0 aliphatic rings. The Labute approximate surface area is 125 Å². The lowest BCUT2D eigenvalue weighted by Crippen LogP contribution is -2.19. The normalized spacial score (nSPS) is 10.4. The van der Waals surface area contributed by atoms with E-state index in [9.17, 15) is 4.79 Å². The van der Waals surface area contributed by atoms with Crippen molar-refractivity contribution < 1.29 is 4.79 Å². The molecule has 0 aliphatic carbocycles. The monoisotopic (exact) mass is 286 g/mol. The van der Waals surface area contributed by atoms with Crippen LogP contribution in [0.4, 0.5) is 5.69 Å². The van der Waals surface area contributed by atoms with Crippen molar-refractivity contribution in [3.05, 3.63) is 47.5 Å². The summed E-state index contributed by atoms with van der Waals surface area (Å²) < 4.78 is 2.14. The van der Waals surface area contributed by atoms with Crippen LogP contribution in [-0.2, 0) is 13.1 Å². The zero-order valence-corrected chi connectivity index (χ0v) is 12.8. The molecule has 0 saturated heterocycles. The Hall–Kier alpha value is -2.30. The Bertz CT molecular complexity index is 618. The van der Waals surface area contributed by atoms with Gasteiger partial charge in [-0.1, -0.05) is 13.0 Å². The minimum Gasteiger partial charge on any atom is -0.379 e. The average Bonchev–Trinajstić information content (AvgIpc) is 2.93. The molecule has 1 heterocycles. The number of aryl methyl sites for hydroxylation is 1. The van der Waals surface area contributed by atoms with E-state index >= 15 is 0 Å². The highest BCUT2D eigenvalue weighted by Gasteiger charge is 2.10. The van der Waals surface area contributed by atoms with Crippen molar-refractivity contribution >= 4 is 11.6 Å². The van der Waals surface area contributed by atoms with E-state index in [0.717, 1.165) is 29.9 Å². The van der Waals surface area contributed by atoms with Gasteiger partial charge in [-0.2, -0.15) is 0 Å². The third kappa shape index (κ3) is 3.42. The third-order valence-corrected chi connectivity index (χ3v) is 3.53. The number of nitrogens with zero attached hydrogens (tertiary/aromatic N) is 2. The first-order valence-electron chi connectivity index (χ1n) is 7.22. The van der Waals surface area contributed by atoms with Gasteiger partial charge < -0.3 is 15.2 Å². The number of rotatable bonds is 6. The van der Waals surface area contributed by atoms with E-state index < -0.39 is 0 Å². The van der Waals surface area contributed by atoms with Crippen LogP contribution in [0.25, 0.3) is 0 Å². The number of amides is 1. The highest BCUT2D eigenvalue weighted by atomic mass is 16.1. The van der Waals surface area contributed by atoms with Crippen LogP contribution in [0, 0.1) is 6.92 Å². The van der Waals surface area contributed by atoms with Crippen LogP contribution < -0.4 is 10.6 Å². The number of imidazole rings is 1. The number of carbonyl (C=O) groups is 1. The number of benzene rings is 1. The molecular weight excluding hydrogens is 264 g/mol. The zero-order chi connectivity index (χ0) is 15.2. The van der Waals surface area contributed by atoms with E-state index in [2.05, 4.69) is 27.1 Å². The molecule has 0 spiro atoms. The van der Waals surface area contributed by atoms with Gasteiger partial charge in [0.25, 0.3) is 5.91 Å². The molecule has 2 aromatic rings. The summed E-state index contributed by atoms with van der Waals surface area (Å²) in [4.78, 5) is 16.0. The number of carbonyl (C=O) groups excluding carboxylic acids is 1. The molecule has 0 unspecified atom stereocenters. The van der Waals surface area contributed by atoms with Crippen molar-refractivity contribution in [1.82, 2.24) is 14.9 Å². The SMILES string of the molecule is CCCn1cncc1CNc1cccc(C(=O)NC)c1C. The van der Waals surface area contributed by atoms with E-state index in [1.165, 1.54) is 0 Å². The Kier molecular flexibility index (Phi) is 4.98. The largest absolute Gasteiger partial charge is 0.379 e. The van der Waals surface area contributed by atoms with Gasteiger partial charge in [0.1, 0.15) is 0 Å². The van der Waals surface area contributed by atoms with Crippen molar-refractivity contribution in [2.45, 2.75) is 33.4 Å². The third-order valence-electron chi connectivity index (χ3n) is 3.53. The lowest BCUT2D eigenvalue weighted by Gasteiger charge is -2.13. The predicted octanol–water partition coefficient (Wildman–Crippen LogP) is 2.57. The minimum absolute atomic E-state index is 0.0628. The molecule has 21 heavy (non-hydrogen) atoms. The van der Waals surface area contributed by atoms with Crippen LogP contribution in [0.3, 0.4) is 0 Å². The fourth-order valence-electron chi connectivity index (χ4n) is 2.33. The van der Waals surface area contributed by atoms with Gasteiger partial charge in [-0.05, 0) is 31.0 Å². The smallest absolute Gasteiger partial charge is 0.251 e. The molecule has 2 N–H and O–H groups in total. The first kappa shape index (κ1) is 15.1. The van der Waals surface area contributed by atoms with Crippen molar-refractivity contribution in [2.24, 2.45) is 0 Å². The number of hydrogen-bond donors (Lipinski definition) is 2. The zero-order valence-electron chi connectivity index (χ0n) is 12.8. The summed E-state index contributed by atoms with van der Waals surface area (Å²) in [7, 11) is 1.64. The van der Waals surface area contributed by atoms with Crippen LogP contribution in [-0.4, -0.2) is 22.5 Å². The average molecular weight is 286 g/mol. The minimum atomic E-state index is -0.0628. The van der Waals surface area contributed by atoms with Crippen LogP contribution in [0.2, 0.25) is 0 Å². The topological polar surface area (TPSA) is 59.0 Å². The van der Waals surface area contributed by atoms with Gasteiger partial charge in [0.2, 0.25) is 0 Å². The molecule has 0 saturated carbocycles. The molecule has 0 fully saturated rings. The highest BCUT2D eigenvalue weighted by molar-refractivity contribution is 5.96. The van der Waals surface area contributed by atoms with E-state index in [0.29, 0.717) is 12.1 Å². The van der Waals surface area contributed by atoms with E-state index in [1.54, 1.807) is 7.05 Å². The lowest BCUT2D eigenvalue weighted by atomic mass is 10.1. The lowest BCUT2D eigenvalue weighted by molar-refractivity contribution is 0.0962. The second kappa shape index (κ2) is 6.92. The molecule has 0 aliphatic heterocycles. The summed E-state index contributed by atoms with van der Waals surface area (Å²) in [6.07, 6.45) is 4.81. The summed E-state index contributed by atoms with van der Waals surface area (Å²) in [6, 6.07) is 5.71. The summed E-state index contributed by atoms with van der Waals surface area (Å²) >= 11 is 0. The molecule has 0 radical (unpaired) electrons. The highest BCUT2D eigenvalue weighted by Crippen LogP contribution is 2.19. The molecule has 0 bridgehead atoms. The molecular formula is C16H22N4O. The first-order chi connectivity index (χ1) is 10.2. The molecule has 2 rings (SSSR count). The summed E-state index contributed by atoms with van der Waals surface area (Å²) in [6.45, 7) is 5.76. The molecule has 1 amide bonds. The van der Waals surface area contributed by atoms with E-state index in [4.69, 9.17) is 0 Å². The summed E-state index contributed by atoms with van der Waals surface area (Å²) in [5.74, 6) is -0.0628. The van der Waals surface area contributed by atoms with Crippen molar-refractivity contribution in [3.8, 4) is 0 Å². The standard InChI is InChI=1S/C16H22N4O/c1-4-8-20-11-18-9-13(20)10-19-15-7-5-6-14(12(15)2)16(21)17-3/h5-7,9,11,19H,4,8,10H2,1-3H3,(H,17,21). The second-order valence-electron chi connectivity index (χ2n) is 4.99. The summed E-state index contributed by atoms with van der Waals surface area (Å²) in [5, 5.41) is 6.06. The molecule has 1 aromatic carbocycles. The number of nitrogens with one attached hydrogen (secondary N) is 2. The Morgan fingerprint density at radius 2 is 2.19 bits per heavy atom. The van der Waals surface area contributed by atoms with Crippen LogP contribution >= 0.6 is 0 Å². The van der Waals surface area contributed by atoms with E-state index in [1.807, 2.05) is 37.6 Å². The van der Waals surface area contributed by atoms with Gasteiger partial charge >= 0.3 is 0 Å². The Balaban J connectivity index is 2.13. The van der Waals surface area contributed by atoms with Gasteiger partial charge in [-0.25, -0.2) is 4.98 Å². The number of aromatic nitrogens is 2. The van der Waals surface area contributed by atoms with Crippen LogP contribution in [0.15, 0.2) is 30.7 Å². The van der Waals surface area contributed by atoms with Crippen molar-refractivity contribution in [1.29, 1.82) is 0 Å². The molecule has 0 atom stereocenters. The van der Waals surface area contributed by atoms with Crippen LogP contribution in [0.1, 0.15) is 35.0 Å². The van der Waals surface area contributed by atoms with Crippen molar-refractivity contribution in [2.75, 3.05) is 12.4 Å². The molecule has 1 aromatic heterocycles. The van der Waals surface area contributed by atoms with Gasteiger partial charge in [0.05, 0.1) is 18.6 Å².